The molecule has 12 heavy (non-hydrogen) atoms. The van der Waals surface area contributed by atoms with Gasteiger partial charge in [-0.15, -0.1) is 0 Å². The van der Waals surface area contributed by atoms with Crippen LogP contribution in [0.1, 0.15) is 6.92 Å². The first-order valence-electron chi connectivity index (χ1n) is 4.14. The molecule has 5 heteroatoms. The van der Waals surface area contributed by atoms with E-state index in [4.69, 9.17) is 17.3 Å². The van der Waals surface area contributed by atoms with Crippen LogP contribution in [0.25, 0.3) is 0 Å². The third-order valence-electron chi connectivity index (χ3n) is 1.91. The van der Waals surface area contributed by atoms with Crippen LogP contribution in [0.4, 0.5) is 0 Å². The zero-order chi connectivity index (χ0) is 8.97. The smallest absolute Gasteiger partial charge is 0.170 e. The molecule has 70 valence electrons. The predicted octanol–water partition coefficient (Wildman–Crippen LogP) is -0.594. The summed E-state index contributed by atoms with van der Waals surface area (Å²) in [5, 5.41) is 12.6. The molecule has 0 spiro atoms. The molecule has 0 aliphatic carbocycles. The van der Waals surface area contributed by atoms with Gasteiger partial charge in [0.25, 0.3) is 0 Å². The van der Waals surface area contributed by atoms with Gasteiger partial charge in [0.05, 0.1) is 19.9 Å². The summed E-state index contributed by atoms with van der Waals surface area (Å²) in [6.07, 6.45) is 0. The molecule has 0 bridgehead atoms. The Hall–Kier alpha value is -0.390. The molecule has 1 aliphatic rings. The number of aliphatic hydroxyl groups is 1. The van der Waals surface area contributed by atoms with E-state index in [1.54, 1.807) is 0 Å². The minimum atomic E-state index is 0.200. The summed E-state index contributed by atoms with van der Waals surface area (Å²) < 4.78 is 0. The van der Waals surface area contributed by atoms with Crippen molar-refractivity contribution in [1.82, 2.24) is 15.1 Å². The van der Waals surface area contributed by atoms with Gasteiger partial charge < -0.3 is 15.3 Å². The van der Waals surface area contributed by atoms with Gasteiger partial charge in [0, 0.05) is 13.1 Å². The van der Waals surface area contributed by atoms with Crippen LogP contribution in [-0.4, -0.2) is 53.1 Å². The third kappa shape index (κ3) is 2.30. The first-order valence-corrected chi connectivity index (χ1v) is 4.54. The van der Waals surface area contributed by atoms with Crippen LogP contribution in [0.2, 0.25) is 0 Å². The summed E-state index contributed by atoms with van der Waals surface area (Å²) in [4.78, 5) is 4.17. The molecule has 0 atom stereocenters. The second kappa shape index (κ2) is 4.59. The van der Waals surface area contributed by atoms with Crippen LogP contribution >= 0.6 is 12.2 Å². The van der Waals surface area contributed by atoms with Crippen molar-refractivity contribution in [3.8, 4) is 0 Å². The Labute approximate surface area is 78.1 Å². The third-order valence-corrected chi connectivity index (χ3v) is 2.31. The number of hydrogen-bond acceptors (Lipinski definition) is 3. The van der Waals surface area contributed by atoms with Crippen molar-refractivity contribution in [3.63, 3.8) is 0 Å². The van der Waals surface area contributed by atoms with E-state index in [2.05, 4.69) is 22.0 Å². The van der Waals surface area contributed by atoms with E-state index < -0.39 is 0 Å². The van der Waals surface area contributed by atoms with Gasteiger partial charge in [-0.05, 0) is 19.1 Å². The van der Waals surface area contributed by atoms with E-state index in [0.717, 1.165) is 25.0 Å². The highest BCUT2D eigenvalue weighted by Crippen LogP contribution is 1.99. The molecule has 1 heterocycles. The Balaban J connectivity index is 2.38. The van der Waals surface area contributed by atoms with Gasteiger partial charge in [-0.25, -0.2) is 0 Å². The second-order valence-corrected chi connectivity index (χ2v) is 3.14. The van der Waals surface area contributed by atoms with Crippen molar-refractivity contribution in [3.05, 3.63) is 0 Å². The van der Waals surface area contributed by atoms with Crippen molar-refractivity contribution in [1.29, 1.82) is 0 Å². The fourth-order valence-electron chi connectivity index (χ4n) is 1.18. The van der Waals surface area contributed by atoms with Gasteiger partial charge >= 0.3 is 0 Å². The van der Waals surface area contributed by atoms with E-state index in [1.165, 1.54) is 0 Å². The van der Waals surface area contributed by atoms with Gasteiger partial charge in [-0.1, -0.05) is 0 Å². The SMILES string of the molecule is CCN1CN(CCO)CNC1=S. The van der Waals surface area contributed by atoms with Crippen LogP contribution < -0.4 is 5.32 Å². The van der Waals surface area contributed by atoms with Crippen LogP contribution in [0.15, 0.2) is 0 Å². The van der Waals surface area contributed by atoms with Crippen LogP contribution in [0, 0.1) is 0 Å². The molecule has 4 nitrogen and oxygen atoms in total. The van der Waals surface area contributed by atoms with Crippen molar-refractivity contribution in [2.45, 2.75) is 6.92 Å². The minimum absolute atomic E-state index is 0.200. The second-order valence-electron chi connectivity index (χ2n) is 2.76. The van der Waals surface area contributed by atoms with E-state index in [-0.39, 0.29) is 6.61 Å². The van der Waals surface area contributed by atoms with Crippen molar-refractivity contribution in [2.75, 3.05) is 33.0 Å². The zero-order valence-corrected chi connectivity index (χ0v) is 8.10. The molecule has 0 radical (unpaired) electrons. The summed E-state index contributed by atoms with van der Waals surface area (Å²) in [7, 11) is 0. The zero-order valence-electron chi connectivity index (χ0n) is 7.29. The van der Waals surface area contributed by atoms with Crippen LogP contribution in [-0.2, 0) is 0 Å². The number of aliphatic hydroxyl groups excluding tert-OH is 1. The van der Waals surface area contributed by atoms with Crippen molar-refractivity contribution >= 4 is 17.3 Å². The molecule has 1 aliphatic heterocycles. The number of β-amino-alcohol motifs (C(OH)–C–C–N with tert-alkyl or cyclic N) is 1. The van der Waals surface area contributed by atoms with Gasteiger partial charge in [0.2, 0.25) is 0 Å². The summed E-state index contributed by atoms with van der Waals surface area (Å²) in [6.45, 7) is 5.45. The Kier molecular flexibility index (Phi) is 3.71. The summed E-state index contributed by atoms with van der Waals surface area (Å²) in [6, 6.07) is 0. The molecular formula is C7H15N3OS. The number of rotatable bonds is 3. The van der Waals surface area contributed by atoms with Gasteiger partial charge in [0.1, 0.15) is 0 Å². The molecule has 0 aromatic rings. The van der Waals surface area contributed by atoms with E-state index in [0.29, 0.717) is 6.54 Å². The lowest BCUT2D eigenvalue weighted by molar-refractivity contribution is 0.127. The average Bonchev–Trinajstić information content (AvgIpc) is 2.09. The Bertz CT molecular complexity index is 165. The molecule has 0 aromatic heterocycles. The Morgan fingerprint density at radius 2 is 2.42 bits per heavy atom. The fourth-order valence-corrected chi connectivity index (χ4v) is 1.43. The quantitative estimate of drug-likeness (QED) is 0.580. The highest BCUT2D eigenvalue weighted by molar-refractivity contribution is 7.80. The van der Waals surface area contributed by atoms with Crippen LogP contribution in [0.3, 0.4) is 0 Å². The Morgan fingerprint density at radius 3 is 3.00 bits per heavy atom. The lowest BCUT2D eigenvalue weighted by atomic mass is 10.5. The van der Waals surface area contributed by atoms with Gasteiger partial charge in [-0.3, -0.25) is 4.90 Å². The van der Waals surface area contributed by atoms with E-state index >= 15 is 0 Å². The fraction of sp³-hybridized carbons (Fsp3) is 0.857. The number of hydrogen-bond donors (Lipinski definition) is 2. The van der Waals surface area contributed by atoms with Gasteiger partial charge in [0.15, 0.2) is 5.11 Å². The number of nitrogens with one attached hydrogen (secondary N) is 1. The minimum Gasteiger partial charge on any atom is -0.395 e. The van der Waals surface area contributed by atoms with Crippen molar-refractivity contribution in [2.24, 2.45) is 0 Å². The first kappa shape index (κ1) is 9.70. The monoisotopic (exact) mass is 189 g/mol. The number of nitrogens with zero attached hydrogens (tertiary/aromatic N) is 2. The van der Waals surface area contributed by atoms with Crippen molar-refractivity contribution < 1.29 is 5.11 Å². The molecule has 0 unspecified atom stereocenters. The topological polar surface area (TPSA) is 38.7 Å². The maximum absolute atomic E-state index is 8.72. The molecule has 1 rings (SSSR count). The van der Waals surface area contributed by atoms with Gasteiger partial charge in [-0.2, -0.15) is 0 Å². The maximum atomic E-state index is 8.72. The molecule has 1 saturated heterocycles. The predicted molar refractivity (Wildman–Crippen MR) is 51.6 cm³/mol. The normalized spacial score (nSPS) is 19.5. The lowest BCUT2D eigenvalue weighted by Gasteiger charge is -2.37. The molecule has 1 fully saturated rings. The molecule has 0 saturated carbocycles. The molecular weight excluding hydrogens is 174 g/mol. The highest BCUT2D eigenvalue weighted by atomic mass is 32.1. The lowest BCUT2D eigenvalue weighted by Crippen LogP contribution is -2.56. The summed E-state index contributed by atoms with van der Waals surface area (Å²) in [5.41, 5.74) is 0. The molecule has 0 aromatic carbocycles. The average molecular weight is 189 g/mol. The molecule has 0 amide bonds. The summed E-state index contributed by atoms with van der Waals surface area (Å²) in [5.74, 6) is 0. The number of thiocarbonyl (C=S) groups is 1. The van der Waals surface area contributed by atoms with Crippen LogP contribution in [0.5, 0.6) is 0 Å². The largest absolute Gasteiger partial charge is 0.395 e. The highest BCUT2D eigenvalue weighted by Gasteiger charge is 2.17. The standard InChI is InChI=1S/C7H15N3OS/c1-2-10-6-9(3-4-11)5-8-7(10)12/h11H,2-6H2,1H3,(H,8,12). The van der Waals surface area contributed by atoms with E-state index in [1.807, 2.05) is 0 Å². The first-order chi connectivity index (χ1) is 5.77. The maximum Gasteiger partial charge on any atom is 0.170 e. The summed E-state index contributed by atoms with van der Waals surface area (Å²) >= 11 is 5.09. The Morgan fingerprint density at radius 1 is 1.67 bits per heavy atom. The molecule has 2 N–H and O–H groups in total. The van der Waals surface area contributed by atoms with E-state index in [9.17, 15) is 0 Å².